The highest BCUT2D eigenvalue weighted by atomic mass is 19.3. The standard InChI is InChI=1S/C11H11F2N5O2/c12-11(13)9-7-8(18(19)20)1-2-10(9)14-3-5-17-6-4-15-16-17/h1-2,4,6-7,11,14H,3,5H2. The lowest BCUT2D eigenvalue weighted by molar-refractivity contribution is -0.385. The Balaban J connectivity index is 2.08. The molecule has 0 saturated carbocycles. The van der Waals surface area contributed by atoms with Crippen LogP contribution in [0.25, 0.3) is 0 Å². The number of benzene rings is 1. The second kappa shape index (κ2) is 6.04. The highest BCUT2D eigenvalue weighted by Crippen LogP contribution is 2.30. The Morgan fingerprint density at radius 3 is 2.85 bits per heavy atom. The Kier molecular flexibility index (Phi) is 4.18. The molecule has 0 amide bonds. The van der Waals surface area contributed by atoms with Gasteiger partial charge in [-0.2, -0.15) is 0 Å². The first-order chi connectivity index (χ1) is 9.58. The van der Waals surface area contributed by atoms with Gasteiger partial charge in [0.1, 0.15) is 0 Å². The average molecular weight is 283 g/mol. The van der Waals surface area contributed by atoms with Crippen LogP contribution in [0, 0.1) is 10.1 Å². The van der Waals surface area contributed by atoms with Crippen molar-refractivity contribution in [1.29, 1.82) is 0 Å². The number of anilines is 1. The zero-order chi connectivity index (χ0) is 14.5. The molecule has 1 aromatic heterocycles. The zero-order valence-corrected chi connectivity index (χ0v) is 10.2. The van der Waals surface area contributed by atoms with Crippen molar-refractivity contribution in [3.8, 4) is 0 Å². The Hall–Kier alpha value is -2.58. The number of nitro groups is 1. The third kappa shape index (κ3) is 3.25. The summed E-state index contributed by atoms with van der Waals surface area (Å²) in [6.07, 6.45) is 0.367. The molecule has 0 unspecified atom stereocenters. The van der Waals surface area contributed by atoms with E-state index in [4.69, 9.17) is 0 Å². The summed E-state index contributed by atoms with van der Waals surface area (Å²) in [6, 6.07) is 3.34. The fourth-order valence-electron chi connectivity index (χ4n) is 1.66. The number of rotatable bonds is 6. The topological polar surface area (TPSA) is 85.9 Å². The third-order valence-corrected chi connectivity index (χ3v) is 2.61. The Labute approximate surface area is 112 Å². The number of hydrogen-bond donors (Lipinski definition) is 1. The van der Waals surface area contributed by atoms with Crippen molar-refractivity contribution in [2.24, 2.45) is 0 Å². The largest absolute Gasteiger partial charge is 0.383 e. The Morgan fingerprint density at radius 2 is 2.25 bits per heavy atom. The van der Waals surface area contributed by atoms with Crippen LogP contribution in [0.2, 0.25) is 0 Å². The summed E-state index contributed by atoms with van der Waals surface area (Å²) in [4.78, 5) is 9.87. The molecule has 9 heteroatoms. The van der Waals surface area contributed by atoms with E-state index in [-0.39, 0.29) is 11.4 Å². The number of non-ortho nitro benzene ring substituents is 1. The third-order valence-electron chi connectivity index (χ3n) is 2.61. The first-order valence-corrected chi connectivity index (χ1v) is 5.72. The molecule has 1 aromatic carbocycles. The van der Waals surface area contributed by atoms with Crippen molar-refractivity contribution in [3.63, 3.8) is 0 Å². The second-order valence-electron chi connectivity index (χ2n) is 3.92. The van der Waals surface area contributed by atoms with Crippen LogP contribution in [0.15, 0.2) is 30.6 Å². The van der Waals surface area contributed by atoms with Crippen LogP contribution in [0.4, 0.5) is 20.2 Å². The molecule has 2 aromatic rings. The van der Waals surface area contributed by atoms with Crippen molar-refractivity contribution in [1.82, 2.24) is 15.0 Å². The predicted molar refractivity (Wildman–Crippen MR) is 66.6 cm³/mol. The van der Waals surface area contributed by atoms with Crippen molar-refractivity contribution in [2.45, 2.75) is 13.0 Å². The molecule has 0 aliphatic heterocycles. The Morgan fingerprint density at radius 1 is 1.45 bits per heavy atom. The summed E-state index contributed by atoms with van der Waals surface area (Å²) in [5.41, 5.74) is -0.578. The zero-order valence-electron chi connectivity index (χ0n) is 10.2. The first-order valence-electron chi connectivity index (χ1n) is 5.72. The maximum atomic E-state index is 12.9. The van der Waals surface area contributed by atoms with Crippen LogP contribution in [0.1, 0.15) is 12.0 Å². The molecular weight excluding hydrogens is 272 g/mol. The smallest absolute Gasteiger partial charge is 0.270 e. The SMILES string of the molecule is O=[N+]([O-])c1ccc(NCCn2ccnn2)c(C(F)F)c1. The van der Waals surface area contributed by atoms with Gasteiger partial charge in [-0.15, -0.1) is 5.10 Å². The van der Waals surface area contributed by atoms with Gasteiger partial charge in [-0.25, -0.2) is 8.78 Å². The van der Waals surface area contributed by atoms with E-state index in [1.807, 2.05) is 0 Å². The fraction of sp³-hybridized carbons (Fsp3) is 0.273. The van der Waals surface area contributed by atoms with Gasteiger partial charge in [-0.05, 0) is 6.07 Å². The lowest BCUT2D eigenvalue weighted by Crippen LogP contribution is -2.12. The van der Waals surface area contributed by atoms with Crippen molar-refractivity contribution in [3.05, 3.63) is 46.3 Å². The summed E-state index contributed by atoms with van der Waals surface area (Å²) >= 11 is 0. The van der Waals surface area contributed by atoms with E-state index in [0.29, 0.717) is 13.1 Å². The first kappa shape index (κ1) is 13.8. The van der Waals surface area contributed by atoms with Crippen LogP contribution < -0.4 is 5.32 Å². The minimum absolute atomic E-state index is 0.172. The summed E-state index contributed by atoms with van der Waals surface area (Å²) in [7, 11) is 0. The normalized spacial score (nSPS) is 10.8. The molecule has 0 aliphatic rings. The molecule has 2 rings (SSSR count). The molecule has 0 atom stereocenters. The molecule has 0 spiro atoms. The van der Waals surface area contributed by atoms with Crippen LogP contribution in [0.3, 0.4) is 0 Å². The summed E-state index contributed by atoms with van der Waals surface area (Å²) < 4.78 is 27.3. The monoisotopic (exact) mass is 283 g/mol. The van der Waals surface area contributed by atoms with Crippen molar-refractivity contribution >= 4 is 11.4 Å². The second-order valence-corrected chi connectivity index (χ2v) is 3.92. The van der Waals surface area contributed by atoms with E-state index in [1.165, 1.54) is 18.3 Å². The summed E-state index contributed by atoms with van der Waals surface area (Å²) in [5, 5.41) is 20.7. The van der Waals surface area contributed by atoms with E-state index < -0.39 is 16.9 Å². The molecule has 20 heavy (non-hydrogen) atoms. The fourth-order valence-corrected chi connectivity index (χ4v) is 1.66. The molecule has 0 aliphatic carbocycles. The molecule has 7 nitrogen and oxygen atoms in total. The molecule has 0 fully saturated rings. The van der Waals surface area contributed by atoms with Gasteiger partial charge in [0.05, 0.1) is 17.7 Å². The average Bonchev–Trinajstić information content (AvgIpc) is 2.91. The molecular formula is C11H11F2N5O2. The van der Waals surface area contributed by atoms with Gasteiger partial charge in [-0.3, -0.25) is 14.8 Å². The molecule has 0 saturated heterocycles. The lowest BCUT2D eigenvalue weighted by atomic mass is 10.1. The van der Waals surface area contributed by atoms with Gasteiger partial charge in [-0.1, -0.05) is 5.21 Å². The predicted octanol–water partition coefficient (Wildman–Crippen LogP) is 2.24. The highest BCUT2D eigenvalue weighted by Gasteiger charge is 2.17. The Bertz CT molecular complexity index is 589. The van der Waals surface area contributed by atoms with Crippen LogP contribution in [0.5, 0.6) is 0 Å². The van der Waals surface area contributed by atoms with E-state index >= 15 is 0 Å². The van der Waals surface area contributed by atoms with E-state index in [0.717, 1.165) is 6.07 Å². The molecule has 0 radical (unpaired) electrons. The maximum absolute atomic E-state index is 12.9. The lowest BCUT2D eigenvalue weighted by Gasteiger charge is -2.11. The molecule has 106 valence electrons. The molecule has 1 heterocycles. The van der Waals surface area contributed by atoms with Gasteiger partial charge < -0.3 is 5.32 Å². The van der Waals surface area contributed by atoms with E-state index in [9.17, 15) is 18.9 Å². The van der Waals surface area contributed by atoms with Crippen LogP contribution in [-0.2, 0) is 6.54 Å². The molecule has 1 N–H and O–H groups in total. The minimum atomic E-state index is -2.79. The number of hydrogen-bond acceptors (Lipinski definition) is 5. The number of halogens is 2. The van der Waals surface area contributed by atoms with E-state index in [1.54, 1.807) is 10.9 Å². The number of alkyl halides is 2. The summed E-state index contributed by atoms with van der Waals surface area (Å²) in [6.45, 7) is 0.792. The molecule has 0 bridgehead atoms. The number of nitrogens with one attached hydrogen (secondary N) is 1. The maximum Gasteiger partial charge on any atom is 0.270 e. The van der Waals surface area contributed by atoms with Gasteiger partial charge in [0.25, 0.3) is 12.1 Å². The quantitative estimate of drug-likeness (QED) is 0.649. The van der Waals surface area contributed by atoms with Gasteiger partial charge >= 0.3 is 0 Å². The van der Waals surface area contributed by atoms with Gasteiger partial charge in [0, 0.05) is 36.1 Å². The summed E-state index contributed by atoms with van der Waals surface area (Å²) in [5.74, 6) is 0. The minimum Gasteiger partial charge on any atom is -0.383 e. The van der Waals surface area contributed by atoms with Gasteiger partial charge in [0.15, 0.2) is 0 Å². The number of nitrogens with zero attached hydrogens (tertiary/aromatic N) is 4. The van der Waals surface area contributed by atoms with E-state index in [2.05, 4.69) is 15.6 Å². The highest BCUT2D eigenvalue weighted by molar-refractivity contribution is 5.56. The van der Waals surface area contributed by atoms with Crippen LogP contribution in [-0.4, -0.2) is 26.5 Å². The van der Waals surface area contributed by atoms with Crippen molar-refractivity contribution < 1.29 is 13.7 Å². The number of nitro benzene ring substituents is 1. The van der Waals surface area contributed by atoms with Gasteiger partial charge in [0.2, 0.25) is 0 Å². The van der Waals surface area contributed by atoms with Crippen LogP contribution >= 0.6 is 0 Å². The van der Waals surface area contributed by atoms with Crippen molar-refractivity contribution in [2.75, 3.05) is 11.9 Å². The number of aromatic nitrogens is 3.